The van der Waals surface area contributed by atoms with E-state index in [1.54, 1.807) is 18.5 Å². The number of hydrogen-bond acceptors (Lipinski definition) is 6. The van der Waals surface area contributed by atoms with Crippen LogP contribution in [-0.4, -0.2) is 52.3 Å². The number of hydrogen-bond donors (Lipinski definition) is 1. The number of rotatable bonds is 5. The molecule has 1 saturated heterocycles. The highest BCUT2D eigenvalue weighted by Crippen LogP contribution is 2.32. The summed E-state index contributed by atoms with van der Waals surface area (Å²) < 4.78 is 32.2. The number of nitrogens with one attached hydrogen (secondary N) is 1. The summed E-state index contributed by atoms with van der Waals surface area (Å²) in [5.74, 6) is 1.08. The van der Waals surface area contributed by atoms with Crippen molar-refractivity contribution in [3.8, 4) is 11.5 Å². The van der Waals surface area contributed by atoms with Gasteiger partial charge in [-0.15, -0.1) is 0 Å². The van der Waals surface area contributed by atoms with Crippen molar-refractivity contribution in [3.63, 3.8) is 0 Å². The molecule has 28 heavy (non-hydrogen) atoms. The zero-order chi connectivity index (χ0) is 20.7. The van der Waals surface area contributed by atoms with Crippen LogP contribution in [0.25, 0.3) is 11.5 Å². The van der Waals surface area contributed by atoms with E-state index in [1.807, 2.05) is 13.1 Å². The molecule has 1 aliphatic rings. The minimum absolute atomic E-state index is 0.0958. The van der Waals surface area contributed by atoms with Gasteiger partial charge in [-0.3, -0.25) is 9.78 Å². The topological polar surface area (TPSA) is 103 Å². The van der Waals surface area contributed by atoms with Crippen LogP contribution in [0.5, 0.6) is 0 Å². The third-order valence-corrected chi connectivity index (χ3v) is 8.17. The highest BCUT2D eigenvalue weighted by atomic mass is 32.2. The monoisotopic (exact) mass is 409 g/mol. The first-order chi connectivity index (χ1) is 12.9. The lowest BCUT2D eigenvalue weighted by atomic mass is 9.92. The molecule has 1 aliphatic heterocycles. The van der Waals surface area contributed by atoms with E-state index in [0.717, 1.165) is 24.2 Å². The van der Waals surface area contributed by atoms with Gasteiger partial charge in [-0.1, -0.05) is 20.8 Å². The minimum Gasteiger partial charge on any atom is -0.381 e. The molecule has 3 rings (SSSR count). The number of H-pyrrole nitrogens is 1. The van der Waals surface area contributed by atoms with Crippen molar-refractivity contribution in [2.45, 2.75) is 57.6 Å². The zero-order valence-electron chi connectivity index (χ0n) is 17.6. The van der Waals surface area contributed by atoms with Gasteiger partial charge in [-0.2, -0.15) is 10.2 Å². The summed E-state index contributed by atoms with van der Waals surface area (Å²) in [5.41, 5.74) is 1.59. The van der Waals surface area contributed by atoms with Crippen LogP contribution >= 0.6 is 0 Å². The van der Waals surface area contributed by atoms with Crippen LogP contribution in [0.15, 0.2) is 6.07 Å². The van der Waals surface area contributed by atoms with Crippen LogP contribution in [0.2, 0.25) is 0 Å². The molecule has 0 atom stereocenters. The highest BCUT2D eigenvalue weighted by Gasteiger charge is 2.41. The largest absolute Gasteiger partial charge is 0.381 e. The van der Waals surface area contributed by atoms with Crippen LogP contribution in [-0.2, 0) is 31.8 Å². The summed E-state index contributed by atoms with van der Waals surface area (Å²) in [6.07, 6.45) is 1.56. The third-order valence-electron chi connectivity index (χ3n) is 5.51. The van der Waals surface area contributed by atoms with E-state index in [-0.39, 0.29) is 17.1 Å². The van der Waals surface area contributed by atoms with Crippen molar-refractivity contribution in [1.29, 1.82) is 0 Å². The number of aromatic nitrogens is 5. The Balaban J connectivity index is 1.87. The Hall–Kier alpha value is -1.74. The molecule has 1 fully saturated rings. The van der Waals surface area contributed by atoms with Crippen LogP contribution in [0.3, 0.4) is 0 Å². The molecule has 0 amide bonds. The molecule has 8 nitrogen and oxygen atoms in total. The number of nitrogens with zero attached hydrogens (tertiary/aromatic N) is 4. The first-order valence-corrected chi connectivity index (χ1v) is 11.3. The first kappa shape index (κ1) is 21.0. The normalized spacial score (nSPS) is 17.2. The average molecular weight is 410 g/mol. The summed E-state index contributed by atoms with van der Waals surface area (Å²) in [7, 11) is -1.58. The molecular formula is C19H31N5O3S. The molecular weight excluding hydrogens is 378 g/mol. The van der Waals surface area contributed by atoms with Crippen molar-refractivity contribution in [2.24, 2.45) is 13.0 Å². The molecule has 3 heterocycles. The molecule has 2 aromatic heterocycles. The minimum atomic E-state index is -3.42. The fraction of sp³-hybridized carbons (Fsp3) is 0.737. The van der Waals surface area contributed by atoms with Crippen molar-refractivity contribution in [3.05, 3.63) is 17.6 Å². The van der Waals surface area contributed by atoms with Gasteiger partial charge in [0.25, 0.3) is 0 Å². The van der Waals surface area contributed by atoms with E-state index in [2.05, 4.69) is 41.1 Å². The van der Waals surface area contributed by atoms with E-state index in [1.165, 1.54) is 0 Å². The van der Waals surface area contributed by atoms with Gasteiger partial charge >= 0.3 is 0 Å². The Kier molecular flexibility index (Phi) is 5.44. The van der Waals surface area contributed by atoms with Crippen LogP contribution in [0, 0.1) is 5.92 Å². The maximum absolute atomic E-state index is 13.1. The number of aryl methyl sites for hydroxylation is 1. The Morgan fingerprint density at radius 2 is 1.86 bits per heavy atom. The Morgan fingerprint density at radius 1 is 1.21 bits per heavy atom. The molecule has 0 bridgehead atoms. The molecule has 0 saturated carbocycles. The second-order valence-corrected chi connectivity index (χ2v) is 11.7. The van der Waals surface area contributed by atoms with Gasteiger partial charge in [0.15, 0.2) is 15.7 Å². The fourth-order valence-electron chi connectivity index (χ4n) is 3.27. The molecule has 2 aromatic rings. The molecule has 0 spiro atoms. The lowest BCUT2D eigenvalue weighted by Crippen LogP contribution is -2.36. The summed E-state index contributed by atoms with van der Waals surface area (Å²) in [5, 5.41) is 11.7. The van der Waals surface area contributed by atoms with Crippen molar-refractivity contribution < 1.29 is 13.2 Å². The predicted octanol–water partition coefficient (Wildman–Crippen LogP) is 2.58. The Labute approximate surface area is 167 Å². The molecule has 1 N–H and O–H groups in total. The van der Waals surface area contributed by atoms with Crippen LogP contribution in [0.4, 0.5) is 0 Å². The maximum atomic E-state index is 13.1. The maximum Gasteiger partial charge on any atom is 0.199 e. The molecule has 0 aromatic carbocycles. The van der Waals surface area contributed by atoms with Gasteiger partial charge in [-0.25, -0.2) is 13.4 Å². The van der Waals surface area contributed by atoms with E-state index in [4.69, 9.17) is 4.74 Å². The quantitative estimate of drug-likeness (QED) is 0.814. The lowest BCUT2D eigenvalue weighted by Gasteiger charge is -2.27. The molecule has 9 heteroatoms. The molecule has 156 valence electrons. The second kappa shape index (κ2) is 7.26. The van der Waals surface area contributed by atoms with E-state index in [0.29, 0.717) is 24.9 Å². The van der Waals surface area contributed by atoms with Crippen molar-refractivity contribution in [2.75, 3.05) is 19.0 Å². The van der Waals surface area contributed by atoms with Gasteiger partial charge in [-0.05, 0) is 38.7 Å². The lowest BCUT2D eigenvalue weighted by molar-refractivity contribution is 0.0722. The smallest absolute Gasteiger partial charge is 0.199 e. The Morgan fingerprint density at radius 3 is 2.43 bits per heavy atom. The van der Waals surface area contributed by atoms with E-state index >= 15 is 0 Å². The van der Waals surface area contributed by atoms with Crippen molar-refractivity contribution >= 4 is 9.84 Å². The van der Waals surface area contributed by atoms with E-state index < -0.39 is 14.6 Å². The zero-order valence-corrected chi connectivity index (χ0v) is 18.4. The van der Waals surface area contributed by atoms with Crippen LogP contribution < -0.4 is 0 Å². The molecule has 0 aliphatic carbocycles. The number of sulfone groups is 1. The van der Waals surface area contributed by atoms with Gasteiger partial charge in [0.2, 0.25) is 0 Å². The van der Waals surface area contributed by atoms with E-state index in [9.17, 15) is 8.42 Å². The van der Waals surface area contributed by atoms with Gasteiger partial charge < -0.3 is 4.74 Å². The number of ether oxygens (including phenoxy) is 1. The SMILES string of the molecule is Cn1nc(C(C)(C)C)cc1-c1n[nH]c(C(C)(C)S(=O)(=O)CC2CCOCC2)n1. The van der Waals surface area contributed by atoms with Gasteiger partial charge in [0.1, 0.15) is 16.3 Å². The predicted molar refractivity (Wildman–Crippen MR) is 108 cm³/mol. The van der Waals surface area contributed by atoms with Gasteiger partial charge in [0.05, 0.1) is 11.4 Å². The number of aromatic amines is 1. The highest BCUT2D eigenvalue weighted by molar-refractivity contribution is 7.92. The van der Waals surface area contributed by atoms with Crippen molar-refractivity contribution in [1.82, 2.24) is 25.0 Å². The molecule has 0 unspecified atom stereocenters. The summed E-state index contributed by atoms with van der Waals surface area (Å²) in [6, 6.07) is 1.95. The second-order valence-electron chi connectivity index (χ2n) is 9.14. The fourth-order valence-corrected chi connectivity index (χ4v) is 5.02. The summed E-state index contributed by atoms with van der Waals surface area (Å²) in [4.78, 5) is 4.54. The molecule has 0 radical (unpaired) electrons. The summed E-state index contributed by atoms with van der Waals surface area (Å²) in [6.45, 7) is 10.9. The van der Waals surface area contributed by atoms with Crippen LogP contribution in [0.1, 0.15) is 59.0 Å². The Bertz CT molecular complexity index is 931. The first-order valence-electron chi connectivity index (χ1n) is 9.69. The third kappa shape index (κ3) is 4.00. The average Bonchev–Trinajstić information content (AvgIpc) is 3.21. The standard InChI is InChI=1S/C19H31N5O3S/c1-18(2,3)15-11-14(24(6)23-15)16-20-17(22-21-16)19(4,5)28(25,26)12-13-7-9-27-10-8-13/h11,13H,7-10,12H2,1-6H3,(H,20,21,22). The van der Waals surface area contributed by atoms with Gasteiger partial charge in [0, 0.05) is 25.7 Å². The summed E-state index contributed by atoms with van der Waals surface area (Å²) >= 11 is 0.